The number of hydrogen-bond acceptors (Lipinski definition) is 2. The lowest BCUT2D eigenvalue weighted by Crippen LogP contribution is -2.03. The molecule has 0 aliphatic carbocycles. The lowest BCUT2D eigenvalue weighted by atomic mass is 10.1. The molecule has 0 fully saturated rings. The molecule has 0 aromatic heterocycles. The topological polar surface area (TPSA) is 86.1 Å². The molecule has 0 atom stereocenters. The molecule has 0 aliphatic rings. The van der Waals surface area contributed by atoms with Crippen molar-refractivity contribution in [1.29, 1.82) is 0 Å². The van der Waals surface area contributed by atoms with Gasteiger partial charge in [-0.2, -0.15) is 0 Å². The second kappa shape index (κ2) is 5.53. The van der Waals surface area contributed by atoms with Gasteiger partial charge in [-0.15, -0.1) is 0 Å². The zero-order valence-electron chi connectivity index (χ0n) is 8.17. The van der Waals surface area contributed by atoms with E-state index in [2.05, 4.69) is 10.0 Å². The molecule has 0 saturated carbocycles. The van der Waals surface area contributed by atoms with Gasteiger partial charge in [0.05, 0.1) is 0 Å². The number of benzene rings is 1. The maximum absolute atomic E-state index is 13.2. The molecular weight excluding hydrogens is 213 g/mol. The largest absolute Gasteiger partial charge is 0.478 e. The first kappa shape index (κ1) is 11.7. The van der Waals surface area contributed by atoms with Crippen LogP contribution in [0.3, 0.4) is 0 Å². The second-order valence-electron chi connectivity index (χ2n) is 2.83. The Bertz CT molecular complexity index is 479. The molecule has 1 rings (SSSR count). The van der Waals surface area contributed by atoms with Gasteiger partial charge in [-0.25, -0.2) is 9.18 Å². The van der Waals surface area contributed by atoms with Gasteiger partial charge in [0.15, 0.2) is 0 Å². The van der Waals surface area contributed by atoms with Gasteiger partial charge in [0, 0.05) is 11.5 Å². The van der Waals surface area contributed by atoms with Crippen molar-refractivity contribution < 1.29 is 14.3 Å². The highest BCUT2D eigenvalue weighted by atomic mass is 19.1. The van der Waals surface area contributed by atoms with Crippen LogP contribution in [-0.2, 0) is 0 Å². The van der Waals surface area contributed by atoms with Crippen LogP contribution in [0.15, 0.2) is 29.4 Å². The second-order valence-corrected chi connectivity index (χ2v) is 2.83. The van der Waals surface area contributed by atoms with Crippen LogP contribution in [0.2, 0.25) is 0 Å². The van der Waals surface area contributed by atoms with Gasteiger partial charge >= 0.3 is 5.97 Å². The summed E-state index contributed by atoms with van der Waals surface area (Å²) < 4.78 is 13.2. The Kier molecular flexibility index (Phi) is 4.06. The highest BCUT2D eigenvalue weighted by molar-refractivity contribution is 5.92. The minimum Gasteiger partial charge on any atom is -0.478 e. The summed E-state index contributed by atoms with van der Waals surface area (Å²) in [7, 11) is 0. The third-order valence-electron chi connectivity index (χ3n) is 1.81. The average Bonchev–Trinajstić information content (AvgIpc) is 2.24. The molecule has 0 aliphatic heterocycles. The van der Waals surface area contributed by atoms with Gasteiger partial charge in [0.1, 0.15) is 11.4 Å². The Balaban J connectivity index is 3.04. The summed E-state index contributed by atoms with van der Waals surface area (Å²) >= 11 is 0. The lowest BCUT2D eigenvalue weighted by molar-refractivity contribution is 0.0691. The van der Waals surface area contributed by atoms with Crippen LogP contribution in [-0.4, -0.2) is 17.6 Å². The number of nitrogens with zero attached hydrogens (tertiary/aromatic N) is 3. The number of halogens is 1. The number of carbonyl (C=O) groups is 1. The highest BCUT2D eigenvalue weighted by Crippen LogP contribution is 2.15. The molecule has 1 aromatic rings. The number of aromatic carboxylic acids is 1. The smallest absolute Gasteiger partial charge is 0.339 e. The molecular formula is C10H8FN3O2. The van der Waals surface area contributed by atoms with E-state index in [9.17, 15) is 9.18 Å². The van der Waals surface area contributed by atoms with E-state index < -0.39 is 11.8 Å². The molecule has 16 heavy (non-hydrogen) atoms. The van der Waals surface area contributed by atoms with Crippen LogP contribution < -0.4 is 0 Å². The van der Waals surface area contributed by atoms with E-state index >= 15 is 0 Å². The molecule has 0 bridgehead atoms. The zero-order valence-corrected chi connectivity index (χ0v) is 8.17. The average molecular weight is 221 g/mol. The molecule has 0 radical (unpaired) electrons. The van der Waals surface area contributed by atoms with E-state index in [-0.39, 0.29) is 17.7 Å². The SMILES string of the molecule is [N-]=[N+]=NCC=Cc1cccc(F)c1C(=O)O. The minimum atomic E-state index is -1.33. The van der Waals surface area contributed by atoms with E-state index in [0.717, 1.165) is 6.07 Å². The predicted octanol–water partition coefficient (Wildman–Crippen LogP) is 2.85. The first-order valence-corrected chi connectivity index (χ1v) is 4.36. The maximum atomic E-state index is 13.2. The van der Waals surface area contributed by atoms with E-state index in [4.69, 9.17) is 10.6 Å². The number of carboxylic acids is 1. The fraction of sp³-hybridized carbons (Fsp3) is 0.100. The van der Waals surface area contributed by atoms with Crippen LogP contribution in [0.5, 0.6) is 0 Å². The minimum absolute atomic E-state index is 0.0894. The molecule has 6 heteroatoms. The van der Waals surface area contributed by atoms with Crippen molar-refractivity contribution in [2.45, 2.75) is 0 Å². The van der Waals surface area contributed by atoms with Crippen LogP contribution in [0, 0.1) is 5.82 Å². The molecule has 1 N–H and O–H groups in total. The summed E-state index contributed by atoms with van der Waals surface area (Å²) in [6.45, 7) is 0.0894. The summed E-state index contributed by atoms with van der Waals surface area (Å²) in [5, 5.41) is 12.0. The van der Waals surface area contributed by atoms with Gasteiger partial charge < -0.3 is 5.11 Å². The fourth-order valence-corrected chi connectivity index (χ4v) is 1.17. The maximum Gasteiger partial charge on any atom is 0.339 e. The quantitative estimate of drug-likeness (QED) is 0.481. The molecule has 0 saturated heterocycles. The lowest BCUT2D eigenvalue weighted by Gasteiger charge is -2.01. The number of rotatable bonds is 4. The number of hydrogen-bond donors (Lipinski definition) is 1. The van der Waals surface area contributed by atoms with Crippen molar-refractivity contribution in [3.63, 3.8) is 0 Å². The standard InChI is InChI=1S/C10H8FN3O2/c11-8-5-1-3-7(9(8)10(15)16)4-2-6-13-14-12/h1-5H,6H2,(H,15,16). The predicted molar refractivity (Wildman–Crippen MR) is 56.4 cm³/mol. The van der Waals surface area contributed by atoms with Gasteiger partial charge in [-0.05, 0) is 17.2 Å². The van der Waals surface area contributed by atoms with Crippen molar-refractivity contribution in [3.05, 3.63) is 51.7 Å². The van der Waals surface area contributed by atoms with Crippen LogP contribution >= 0.6 is 0 Å². The third kappa shape index (κ3) is 2.83. The molecule has 0 amide bonds. The van der Waals surface area contributed by atoms with E-state index in [0.29, 0.717) is 0 Å². The molecule has 5 nitrogen and oxygen atoms in total. The van der Waals surface area contributed by atoms with Gasteiger partial charge in [0.2, 0.25) is 0 Å². The first-order valence-electron chi connectivity index (χ1n) is 4.36. The molecule has 82 valence electrons. The summed E-state index contributed by atoms with van der Waals surface area (Å²) in [6.07, 6.45) is 2.86. The van der Waals surface area contributed by atoms with Gasteiger partial charge in [-0.1, -0.05) is 29.4 Å². The third-order valence-corrected chi connectivity index (χ3v) is 1.81. The number of carboxylic acid groups (broad SMARTS) is 1. The van der Waals surface area contributed by atoms with E-state index in [1.807, 2.05) is 0 Å². The normalized spacial score (nSPS) is 10.1. The van der Waals surface area contributed by atoms with E-state index in [1.165, 1.54) is 24.3 Å². The van der Waals surface area contributed by atoms with Crippen molar-refractivity contribution >= 4 is 12.0 Å². The van der Waals surface area contributed by atoms with E-state index in [1.54, 1.807) is 0 Å². The first-order chi connectivity index (χ1) is 7.66. The van der Waals surface area contributed by atoms with Crippen LogP contribution in [0.4, 0.5) is 4.39 Å². The number of azide groups is 1. The monoisotopic (exact) mass is 221 g/mol. The highest BCUT2D eigenvalue weighted by Gasteiger charge is 2.13. The Morgan fingerprint density at radius 3 is 3.00 bits per heavy atom. The van der Waals surface area contributed by atoms with Crippen LogP contribution in [0.1, 0.15) is 15.9 Å². The molecule has 0 unspecified atom stereocenters. The molecule has 0 heterocycles. The van der Waals surface area contributed by atoms with Crippen molar-refractivity contribution in [2.75, 3.05) is 6.54 Å². The summed E-state index contributed by atoms with van der Waals surface area (Å²) in [5.74, 6) is -2.13. The van der Waals surface area contributed by atoms with Gasteiger partial charge in [-0.3, -0.25) is 0 Å². The Hall–Kier alpha value is -2.33. The zero-order chi connectivity index (χ0) is 12.0. The summed E-state index contributed by atoms with van der Waals surface area (Å²) in [5.41, 5.74) is 7.87. The summed E-state index contributed by atoms with van der Waals surface area (Å²) in [6, 6.07) is 3.96. The Morgan fingerprint density at radius 1 is 1.62 bits per heavy atom. The fourth-order valence-electron chi connectivity index (χ4n) is 1.17. The Morgan fingerprint density at radius 2 is 2.38 bits per heavy atom. The molecule has 0 spiro atoms. The van der Waals surface area contributed by atoms with Crippen LogP contribution in [0.25, 0.3) is 16.5 Å². The Labute approximate surface area is 90.5 Å². The van der Waals surface area contributed by atoms with Gasteiger partial charge in [0.25, 0.3) is 0 Å². The molecule has 1 aromatic carbocycles. The summed E-state index contributed by atoms with van der Waals surface area (Å²) in [4.78, 5) is 13.3. The van der Waals surface area contributed by atoms with Crippen molar-refractivity contribution in [3.8, 4) is 0 Å². The van der Waals surface area contributed by atoms with Crippen molar-refractivity contribution in [2.24, 2.45) is 5.11 Å². The van der Waals surface area contributed by atoms with Crippen molar-refractivity contribution in [1.82, 2.24) is 0 Å².